The molecule has 1 aliphatic rings. The van der Waals surface area contributed by atoms with Crippen molar-refractivity contribution < 1.29 is 26.9 Å². The maximum Gasteiger partial charge on any atom is 2.00 e. The van der Waals surface area contributed by atoms with E-state index in [-0.39, 0.29) is 28.9 Å². The Kier molecular flexibility index (Phi) is 12.8. The Morgan fingerprint density at radius 1 is 1.17 bits per heavy atom. The van der Waals surface area contributed by atoms with E-state index in [0.29, 0.717) is 6.54 Å². The summed E-state index contributed by atoms with van der Waals surface area (Å²) in [5, 5.41) is 10.7. The summed E-state index contributed by atoms with van der Waals surface area (Å²) in [6.45, 7) is 18.7. The van der Waals surface area contributed by atoms with Crippen LogP contribution in [0.2, 0.25) is 39.3 Å². The van der Waals surface area contributed by atoms with Gasteiger partial charge in [-0.15, -0.1) is 5.76 Å². The summed E-state index contributed by atoms with van der Waals surface area (Å²) in [6, 6.07) is 0. The number of ether oxygens (including phenoxy) is 1. The second-order valence-corrected chi connectivity index (χ2v) is 17.4. The van der Waals surface area contributed by atoms with Crippen LogP contribution in [-0.2, 0) is 21.8 Å². The Bertz CT molecular complexity index is 367. The molecule has 1 rings (SSSR count). The molecule has 0 aromatic carbocycles. The van der Waals surface area contributed by atoms with Gasteiger partial charge in [0.2, 0.25) is 0 Å². The van der Waals surface area contributed by atoms with Crippen molar-refractivity contribution in [2.24, 2.45) is 4.99 Å². The zero-order valence-electron chi connectivity index (χ0n) is 16.0. The van der Waals surface area contributed by atoms with Gasteiger partial charge < -0.3 is 14.5 Å². The molecule has 7 heteroatoms. The molecule has 4 nitrogen and oxygen atoms in total. The summed E-state index contributed by atoms with van der Waals surface area (Å²) in [5.74, 6) is 0.0496. The Morgan fingerprint density at radius 3 is 2.00 bits per heavy atom. The average molecular weight is 398 g/mol. The SMILES string of the molecule is CC(/C=C(/C)[O-])=NC[C@H]1CCCO1.C[Si](C)(C)[N-][Si](C)(C)C.[Fe+2]. The number of hydrogen-bond acceptors (Lipinski definition) is 3. The van der Waals surface area contributed by atoms with Crippen molar-refractivity contribution in [2.75, 3.05) is 13.2 Å². The molecular formula is C16H34FeN2O2Si2. The fourth-order valence-electron chi connectivity index (χ4n) is 2.38. The van der Waals surface area contributed by atoms with E-state index in [0.717, 1.165) is 25.2 Å². The Morgan fingerprint density at radius 2 is 1.70 bits per heavy atom. The predicted octanol–water partition coefficient (Wildman–Crippen LogP) is 3.92. The molecule has 1 heterocycles. The fourth-order valence-corrected chi connectivity index (χ4v) is 10.4. The van der Waals surface area contributed by atoms with Crippen molar-refractivity contribution in [1.82, 2.24) is 0 Å². The summed E-state index contributed by atoms with van der Waals surface area (Å²) in [6.07, 6.45) is 4.05. The number of allylic oxidation sites excluding steroid dienone is 2. The minimum absolute atomic E-state index is 0. The van der Waals surface area contributed by atoms with Gasteiger partial charge in [0.25, 0.3) is 0 Å². The zero-order valence-corrected chi connectivity index (χ0v) is 19.2. The van der Waals surface area contributed by atoms with Crippen molar-refractivity contribution in [3.63, 3.8) is 0 Å². The molecule has 1 atom stereocenters. The van der Waals surface area contributed by atoms with E-state index in [1.807, 2.05) is 6.92 Å². The van der Waals surface area contributed by atoms with E-state index in [1.54, 1.807) is 6.08 Å². The fraction of sp³-hybridized carbons (Fsp3) is 0.812. The molecule has 136 valence electrons. The first-order valence-corrected chi connectivity index (χ1v) is 15.0. The van der Waals surface area contributed by atoms with Crippen LogP contribution in [0.15, 0.2) is 16.8 Å². The van der Waals surface area contributed by atoms with Crippen LogP contribution in [0.4, 0.5) is 0 Å². The molecule has 0 amide bonds. The van der Waals surface area contributed by atoms with Crippen molar-refractivity contribution in [3.05, 3.63) is 16.5 Å². The molecular weight excluding hydrogens is 364 g/mol. The van der Waals surface area contributed by atoms with Gasteiger partial charge in [0.15, 0.2) is 0 Å². The standard InChI is InChI=1S/C10H17NO2.C6H18NSi2.Fe/c1-8(6-9(2)12)11-7-10-4-3-5-13-10;1-8(2,3)7-9(4,5)6;/h6,10,12H,3-5,7H2,1-2H3;1-6H3;/q;-1;+2/p-1/b9-6-,11-8?;;/t10-;;/m1../s1. The Hall–Kier alpha value is 0.0832. The van der Waals surface area contributed by atoms with E-state index in [1.165, 1.54) is 6.92 Å². The normalized spacial score (nSPS) is 19.7. The minimum Gasteiger partial charge on any atom is -0.876 e. The monoisotopic (exact) mass is 398 g/mol. The molecule has 1 saturated heterocycles. The van der Waals surface area contributed by atoms with E-state index in [4.69, 9.17) is 9.38 Å². The first kappa shape index (κ1) is 25.3. The first-order chi connectivity index (χ1) is 9.89. The maximum absolute atomic E-state index is 10.7. The van der Waals surface area contributed by atoms with E-state index < -0.39 is 16.5 Å². The summed E-state index contributed by atoms with van der Waals surface area (Å²) in [7, 11) is -2.21. The summed E-state index contributed by atoms with van der Waals surface area (Å²) in [5.41, 5.74) is 0.794. The summed E-state index contributed by atoms with van der Waals surface area (Å²) in [4.78, 5) is 4.26. The zero-order chi connectivity index (χ0) is 17.4. The second-order valence-electron chi connectivity index (χ2n) is 7.83. The van der Waals surface area contributed by atoms with E-state index in [9.17, 15) is 5.11 Å². The minimum atomic E-state index is -1.11. The molecule has 1 fully saturated rings. The van der Waals surface area contributed by atoms with Crippen LogP contribution in [0.5, 0.6) is 0 Å². The van der Waals surface area contributed by atoms with Crippen molar-refractivity contribution >= 4 is 22.2 Å². The average Bonchev–Trinajstić information content (AvgIpc) is 2.73. The predicted molar refractivity (Wildman–Crippen MR) is 101 cm³/mol. The molecule has 0 N–H and O–H groups in total. The van der Waals surface area contributed by atoms with Gasteiger partial charge in [-0.25, -0.2) is 0 Å². The van der Waals surface area contributed by atoms with Crippen LogP contribution in [0.25, 0.3) is 4.65 Å². The molecule has 0 aromatic heterocycles. The van der Waals surface area contributed by atoms with Crippen molar-refractivity contribution in [3.8, 4) is 0 Å². The van der Waals surface area contributed by atoms with Crippen LogP contribution >= 0.6 is 0 Å². The van der Waals surface area contributed by atoms with Gasteiger partial charge in [-0.3, -0.25) is 4.99 Å². The molecule has 23 heavy (non-hydrogen) atoms. The third kappa shape index (κ3) is 18.3. The van der Waals surface area contributed by atoms with Crippen LogP contribution in [0.1, 0.15) is 26.7 Å². The number of nitrogens with zero attached hydrogens (tertiary/aromatic N) is 2. The maximum atomic E-state index is 10.7. The van der Waals surface area contributed by atoms with Gasteiger partial charge in [0.05, 0.1) is 12.6 Å². The number of aliphatic imine (C=N–C) groups is 1. The Balaban J connectivity index is 0. The van der Waals surface area contributed by atoms with Gasteiger partial charge in [-0.05, 0) is 19.8 Å². The first-order valence-electron chi connectivity index (χ1n) is 8.11. The third-order valence-electron chi connectivity index (χ3n) is 2.65. The van der Waals surface area contributed by atoms with Crippen LogP contribution in [0.3, 0.4) is 0 Å². The molecule has 1 aliphatic heterocycles. The smallest absolute Gasteiger partial charge is 0.876 e. The van der Waals surface area contributed by atoms with Crippen LogP contribution in [-0.4, -0.2) is 41.4 Å². The third-order valence-corrected chi connectivity index (χ3v) is 8.02. The molecule has 0 unspecified atom stereocenters. The summed E-state index contributed by atoms with van der Waals surface area (Å²) >= 11 is 0. The van der Waals surface area contributed by atoms with Gasteiger partial charge in [0, 0.05) is 12.3 Å². The van der Waals surface area contributed by atoms with Gasteiger partial charge in [-0.1, -0.05) is 68.8 Å². The van der Waals surface area contributed by atoms with Gasteiger partial charge >= 0.3 is 17.1 Å². The molecule has 0 saturated carbocycles. The quantitative estimate of drug-likeness (QED) is 0.400. The largest absolute Gasteiger partial charge is 2.00 e. The topological polar surface area (TPSA) is 58.8 Å². The van der Waals surface area contributed by atoms with Crippen molar-refractivity contribution in [2.45, 2.75) is 72.1 Å². The second kappa shape index (κ2) is 11.6. The van der Waals surface area contributed by atoms with Crippen molar-refractivity contribution in [1.29, 1.82) is 0 Å². The van der Waals surface area contributed by atoms with Crippen LogP contribution in [0, 0.1) is 0 Å². The number of hydrogen-bond donors (Lipinski definition) is 0. The molecule has 0 radical (unpaired) electrons. The van der Waals surface area contributed by atoms with Gasteiger partial charge in [-0.2, -0.15) is 0 Å². The van der Waals surface area contributed by atoms with Crippen LogP contribution < -0.4 is 5.11 Å². The summed E-state index contributed by atoms with van der Waals surface area (Å²) < 4.78 is 10.2. The molecule has 0 aromatic rings. The number of rotatable bonds is 5. The van der Waals surface area contributed by atoms with E-state index in [2.05, 4.69) is 44.3 Å². The molecule has 0 spiro atoms. The molecule has 0 aliphatic carbocycles. The van der Waals surface area contributed by atoms with E-state index >= 15 is 0 Å². The van der Waals surface area contributed by atoms with Gasteiger partial charge in [0.1, 0.15) is 0 Å². The Labute approximate surface area is 155 Å². The molecule has 0 bridgehead atoms.